The molecular formula is C16H24N2O3. The van der Waals surface area contributed by atoms with Gasteiger partial charge in [-0.05, 0) is 18.9 Å². The first-order valence-electron chi connectivity index (χ1n) is 7.52. The molecule has 0 saturated carbocycles. The summed E-state index contributed by atoms with van der Waals surface area (Å²) in [6, 6.07) is 5.56. The van der Waals surface area contributed by atoms with Crippen LogP contribution in [0.4, 0.5) is 0 Å². The van der Waals surface area contributed by atoms with E-state index in [1.54, 1.807) is 7.11 Å². The molecule has 116 valence electrons. The van der Waals surface area contributed by atoms with E-state index in [0.29, 0.717) is 18.0 Å². The van der Waals surface area contributed by atoms with Crippen LogP contribution in [0.15, 0.2) is 18.2 Å². The SMILES string of the molecule is COc1cccc(CN)c1OCC(=O)N1CCCCCC1. The summed E-state index contributed by atoms with van der Waals surface area (Å²) in [5.41, 5.74) is 6.56. The third-order valence-electron chi connectivity index (χ3n) is 3.80. The third kappa shape index (κ3) is 4.11. The van der Waals surface area contributed by atoms with Gasteiger partial charge in [-0.3, -0.25) is 4.79 Å². The molecule has 1 aliphatic rings. The quantitative estimate of drug-likeness (QED) is 0.900. The van der Waals surface area contributed by atoms with Crippen molar-refractivity contribution < 1.29 is 14.3 Å². The average molecular weight is 292 g/mol. The lowest BCUT2D eigenvalue weighted by atomic mass is 10.2. The van der Waals surface area contributed by atoms with Crippen LogP contribution in [0.2, 0.25) is 0 Å². The van der Waals surface area contributed by atoms with Crippen molar-refractivity contribution in [3.63, 3.8) is 0 Å². The highest BCUT2D eigenvalue weighted by atomic mass is 16.5. The number of ether oxygens (including phenoxy) is 2. The second kappa shape index (κ2) is 7.88. The highest BCUT2D eigenvalue weighted by molar-refractivity contribution is 5.78. The molecule has 1 fully saturated rings. The number of rotatable bonds is 5. The predicted molar refractivity (Wildman–Crippen MR) is 81.4 cm³/mol. The normalized spacial score (nSPS) is 15.4. The maximum Gasteiger partial charge on any atom is 0.260 e. The van der Waals surface area contributed by atoms with Crippen LogP contribution >= 0.6 is 0 Å². The summed E-state index contributed by atoms with van der Waals surface area (Å²) in [5.74, 6) is 1.22. The van der Waals surface area contributed by atoms with Crippen molar-refractivity contribution in [3.05, 3.63) is 23.8 Å². The first kappa shape index (κ1) is 15.6. The van der Waals surface area contributed by atoms with Gasteiger partial charge in [0.25, 0.3) is 5.91 Å². The van der Waals surface area contributed by atoms with E-state index >= 15 is 0 Å². The lowest BCUT2D eigenvalue weighted by molar-refractivity contribution is -0.133. The van der Waals surface area contributed by atoms with Crippen LogP contribution in [0, 0.1) is 0 Å². The van der Waals surface area contributed by atoms with Gasteiger partial charge >= 0.3 is 0 Å². The summed E-state index contributed by atoms with van der Waals surface area (Å²) >= 11 is 0. The van der Waals surface area contributed by atoms with E-state index in [0.717, 1.165) is 31.5 Å². The fourth-order valence-corrected chi connectivity index (χ4v) is 2.59. The number of carbonyl (C=O) groups excluding carboxylic acids is 1. The molecule has 2 rings (SSSR count). The minimum atomic E-state index is 0.0331. The number of hydrogen-bond donors (Lipinski definition) is 1. The number of methoxy groups -OCH3 is 1. The number of benzene rings is 1. The van der Waals surface area contributed by atoms with Gasteiger partial charge in [0.15, 0.2) is 18.1 Å². The molecule has 1 saturated heterocycles. The van der Waals surface area contributed by atoms with E-state index in [4.69, 9.17) is 15.2 Å². The zero-order valence-corrected chi connectivity index (χ0v) is 12.6. The van der Waals surface area contributed by atoms with Crippen molar-refractivity contribution in [1.29, 1.82) is 0 Å². The molecule has 0 bridgehead atoms. The van der Waals surface area contributed by atoms with Crippen molar-refractivity contribution in [2.24, 2.45) is 5.73 Å². The topological polar surface area (TPSA) is 64.8 Å². The summed E-state index contributed by atoms with van der Waals surface area (Å²) in [7, 11) is 1.58. The lowest BCUT2D eigenvalue weighted by Gasteiger charge is -2.21. The van der Waals surface area contributed by atoms with Gasteiger partial charge in [-0.15, -0.1) is 0 Å². The van der Waals surface area contributed by atoms with Gasteiger partial charge in [0.2, 0.25) is 0 Å². The van der Waals surface area contributed by atoms with Crippen molar-refractivity contribution >= 4 is 5.91 Å². The molecule has 0 radical (unpaired) electrons. The number of nitrogens with two attached hydrogens (primary N) is 1. The summed E-state index contributed by atoms with van der Waals surface area (Å²) in [4.78, 5) is 14.1. The summed E-state index contributed by atoms with van der Waals surface area (Å²) in [6.45, 7) is 2.05. The van der Waals surface area contributed by atoms with Crippen LogP contribution in [-0.2, 0) is 11.3 Å². The van der Waals surface area contributed by atoms with Crippen LogP contribution in [0.25, 0.3) is 0 Å². The van der Waals surface area contributed by atoms with Crippen molar-refractivity contribution in [3.8, 4) is 11.5 Å². The summed E-state index contributed by atoms with van der Waals surface area (Å²) in [6.07, 6.45) is 4.56. The minimum absolute atomic E-state index is 0.0331. The van der Waals surface area contributed by atoms with Gasteiger partial charge in [-0.2, -0.15) is 0 Å². The maximum absolute atomic E-state index is 12.3. The molecule has 1 aromatic rings. The molecule has 0 unspecified atom stereocenters. The second-order valence-electron chi connectivity index (χ2n) is 5.24. The number of amides is 1. The lowest BCUT2D eigenvalue weighted by Crippen LogP contribution is -2.35. The van der Waals surface area contributed by atoms with Crippen LogP contribution < -0.4 is 15.2 Å². The Morgan fingerprint density at radius 1 is 1.24 bits per heavy atom. The third-order valence-corrected chi connectivity index (χ3v) is 3.80. The van der Waals surface area contributed by atoms with E-state index in [9.17, 15) is 4.79 Å². The van der Waals surface area contributed by atoms with Gasteiger partial charge in [0.1, 0.15) is 0 Å². The maximum atomic E-state index is 12.3. The number of hydrogen-bond acceptors (Lipinski definition) is 4. The van der Waals surface area contributed by atoms with Crippen LogP contribution in [-0.4, -0.2) is 37.6 Å². The molecule has 21 heavy (non-hydrogen) atoms. The van der Waals surface area contributed by atoms with E-state index in [2.05, 4.69) is 0 Å². The molecule has 1 aromatic carbocycles. The molecule has 1 heterocycles. The molecule has 1 aliphatic heterocycles. The first-order chi connectivity index (χ1) is 10.3. The molecule has 0 atom stereocenters. The standard InChI is InChI=1S/C16H24N2O3/c1-20-14-8-6-7-13(11-17)16(14)21-12-15(19)18-9-4-2-3-5-10-18/h6-8H,2-5,9-12,17H2,1H3. The van der Waals surface area contributed by atoms with E-state index in [1.165, 1.54) is 12.8 Å². The van der Waals surface area contributed by atoms with E-state index in [1.807, 2.05) is 23.1 Å². The van der Waals surface area contributed by atoms with Crippen LogP contribution in [0.1, 0.15) is 31.2 Å². The number of para-hydroxylation sites is 1. The van der Waals surface area contributed by atoms with Crippen LogP contribution in [0.3, 0.4) is 0 Å². The van der Waals surface area contributed by atoms with E-state index in [-0.39, 0.29) is 12.5 Å². The Morgan fingerprint density at radius 2 is 1.95 bits per heavy atom. The van der Waals surface area contributed by atoms with Crippen molar-refractivity contribution in [2.45, 2.75) is 32.2 Å². The fraction of sp³-hybridized carbons (Fsp3) is 0.562. The molecular weight excluding hydrogens is 268 g/mol. The molecule has 5 nitrogen and oxygen atoms in total. The fourth-order valence-electron chi connectivity index (χ4n) is 2.59. The monoisotopic (exact) mass is 292 g/mol. The molecule has 0 aromatic heterocycles. The van der Waals surface area contributed by atoms with Crippen molar-refractivity contribution in [1.82, 2.24) is 4.90 Å². The highest BCUT2D eigenvalue weighted by Gasteiger charge is 2.17. The Kier molecular flexibility index (Phi) is 5.87. The minimum Gasteiger partial charge on any atom is -0.493 e. The number of carbonyl (C=O) groups is 1. The molecule has 2 N–H and O–H groups in total. The zero-order chi connectivity index (χ0) is 15.1. The van der Waals surface area contributed by atoms with Gasteiger partial charge in [0.05, 0.1) is 7.11 Å². The van der Waals surface area contributed by atoms with Gasteiger partial charge in [-0.1, -0.05) is 25.0 Å². The predicted octanol–water partition coefficient (Wildman–Crippen LogP) is 1.94. The number of nitrogens with zero attached hydrogens (tertiary/aromatic N) is 1. The van der Waals surface area contributed by atoms with Gasteiger partial charge in [0, 0.05) is 25.2 Å². The van der Waals surface area contributed by atoms with Crippen molar-refractivity contribution in [2.75, 3.05) is 26.8 Å². The molecule has 0 aliphatic carbocycles. The zero-order valence-electron chi connectivity index (χ0n) is 12.6. The number of likely N-dealkylation sites (tertiary alicyclic amines) is 1. The second-order valence-corrected chi connectivity index (χ2v) is 5.24. The summed E-state index contributed by atoms with van der Waals surface area (Å²) < 4.78 is 11.0. The first-order valence-corrected chi connectivity index (χ1v) is 7.52. The molecule has 5 heteroatoms. The Balaban J connectivity index is 2.00. The van der Waals surface area contributed by atoms with Gasteiger partial charge < -0.3 is 20.1 Å². The molecule has 0 spiro atoms. The largest absolute Gasteiger partial charge is 0.493 e. The van der Waals surface area contributed by atoms with Crippen LogP contribution in [0.5, 0.6) is 11.5 Å². The summed E-state index contributed by atoms with van der Waals surface area (Å²) in [5, 5.41) is 0. The Labute approximate surface area is 126 Å². The van der Waals surface area contributed by atoms with E-state index < -0.39 is 0 Å². The highest BCUT2D eigenvalue weighted by Crippen LogP contribution is 2.30. The Bertz CT molecular complexity index is 446. The van der Waals surface area contributed by atoms with Gasteiger partial charge in [-0.25, -0.2) is 0 Å². The molecule has 1 amide bonds. The Morgan fingerprint density at radius 3 is 2.57 bits per heavy atom. The average Bonchev–Trinajstić information content (AvgIpc) is 2.81. The Hall–Kier alpha value is -1.75. The smallest absolute Gasteiger partial charge is 0.260 e.